The molecule has 98 valence electrons. The van der Waals surface area contributed by atoms with Gasteiger partial charge in [0, 0.05) is 5.41 Å². The molecule has 2 aromatic rings. The molecule has 0 aliphatic heterocycles. The predicted octanol–water partition coefficient (Wildman–Crippen LogP) is 4.05. The highest BCUT2D eigenvalue weighted by molar-refractivity contribution is 7.18. The first-order valence-corrected chi connectivity index (χ1v) is 7.35. The van der Waals surface area contributed by atoms with Crippen LogP contribution in [0.3, 0.4) is 0 Å². The number of hydrogen-bond donors (Lipinski definition) is 1. The molecule has 0 saturated heterocycles. The van der Waals surface area contributed by atoms with E-state index in [1.165, 1.54) is 20.8 Å². The maximum atomic E-state index is 5.67. The van der Waals surface area contributed by atoms with Gasteiger partial charge in [-0.05, 0) is 30.5 Å². The fourth-order valence-corrected chi connectivity index (χ4v) is 3.15. The van der Waals surface area contributed by atoms with E-state index in [2.05, 4.69) is 45.9 Å². The molecule has 0 aliphatic rings. The predicted molar refractivity (Wildman–Crippen MR) is 80.4 cm³/mol. The summed E-state index contributed by atoms with van der Waals surface area (Å²) in [5.74, 6) is 0.480. The number of hydrogen-bond acceptors (Lipinski definition) is 3. The molecule has 0 fully saturated rings. The van der Waals surface area contributed by atoms with Gasteiger partial charge in [0.25, 0.3) is 0 Å². The molecule has 1 aromatic heterocycles. The Morgan fingerprint density at radius 1 is 1.33 bits per heavy atom. The average Bonchev–Trinajstić information content (AvgIpc) is 2.72. The van der Waals surface area contributed by atoms with Crippen molar-refractivity contribution >= 4 is 21.6 Å². The van der Waals surface area contributed by atoms with Gasteiger partial charge in [0.2, 0.25) is 0 Å². The molecule has 1 atom stereocenters. The molecule has 1 aromatic carbocycles. The van der Waals surface area contributed by atoms with E-state index in [0.717, 1.165) is 13.0 Å². The van der Waals surface area contributed by atoms with Crippen molar-refractivity contribution in [3.63, 3.8) is 0 Å². The second-order valence-corrected chi connectivity index (χ2v) is 6.97. The van der Waals surface area contributed by atoms with E-state index in [4.69, 9.17) is 10.7 Å². The van der Waals surface area contributed by atoms with Crippen LogP contribution in [-0.4, -0.2) is 11.5 Å². The molecule has 0 aliphatic carbocycles. The Bertz CT molecular complexity index is 537. The summed E-state index contributed by atoms with van der Waals surface area (Å²) in [6.07, 6.45) is 1.02. The summed E-state index contributed by atoms with van der Waals surface area (Å²) in [5, 5.41) is 1.21. The van der Waals surface area contributed by atoms with Gasteiger partial charge in [-0.3, -0.25) is 0 Å². The van der Waals surface area contributed by atoms with Crippen LogP contribution in [0.15, 0.2) is 18.2 Å². The van der Waals surface area contributed by atoms with E-state index in [1.807, 2.05) is 11.3 Å². The third-order valence-corrected chi connectivity index (χ3v) is 4.67. The monoisotopic (exact) mass is 262 g/mol. The maximum Gasteiger partial charge on any atom is 0.0992 e. The van der Waals surface area contributed by atoms with Crippen LogP contribution in [0.2, 0.25) is 0 Å². The Balaban J connectivity index is 2.52. The lowest BCUT2D eigenvalue weighted by Gasteiger charge is -2.13. The molecular weight excluding hydrogens is 240 g/mol. The highest BCUT2D eigenvalue weighted by atomic mass is 32.1. The van der Waals surface area contributed by atoms with Gasteiger partial charge < -0.3 is 5.73 Å². The highest BCUT2D eigenvalue weighted by Crippen LogP contribution is 2.35. The summed E-state index contributed by atoms with van der Waals surface area (Å²) in [7, 11) is 0. The smallest absolute Gasteiger partial charge is 0.0992 e. The number of aromatic nitrogens is 1. The molecule has 3 heteroatoms. The molecule has 1 heterocycles. The molecular formula is C15H22N2S. The number of thiazole rings is 1. The minimum atomic E-state index is 0.123. The Labute approximate surface area is 113 Å². The number of nitrogens with zero attached hydrogens (tertiary/aromatic N) is 1. The van der Waals surface area contributed by atoms with Gasteiger partial charge in [-0.1, -0.05) is 39.8 Å². The van der Waals surface area contributed by atoms with Crippen LogP contribution >= 0.6 is 11.3 Å². The topological polar surface area (TPSA) is 38.9 Å². The first-order valence-electron chi connectivity index (χ1n) is 6.53. The zero-order valence-corrected chi connectivity index (χ0v) is 12.5. The van der Waals surface area contributed by atoms with Crippen molar-refractivity contribution < 1.29 is 0 Å². The van der Waals surface area contributed by atoms with Crippen LogP contribution in [0, 0.1) is 0 Å². The molecule has 0 bridgehead atoms. The lowest BCUT2D eigenvalue weighted by molar-refractivity contribution is 0.586. The van der Waals surface area contributed by atoms with Gasteiger partial charge in [0.15, 0.2) is 0 Å². The van der Waals surface area contributed by atoms with Crippen molar-refractivity contribution in [2.45, 2.75) is 45.4 Å². The minimum Gasteiger partial charge on any atom is -0.330 e. The van der Waals surface area contributed by atoms with Crippen molar-refractivity contribution in [2.24, 2.45) is 5.73 Å². The molecule has 1 unspecified atom stereocenters. The summed E-state index contributed by atoms with van der Waals surface area (Å²) in [4.78, 5) is 4.86. The van der Waals surface area contributed by atoms with Crippen LogP contribution in [0.25, 0.3) is 10.2 Å². The van der Waals surface area contributed by atoms with Gasteiger partial charge in [-0.25, -0.2) is 4.98 Å². The Kier molecular flexibility index (Phi) is 3.74. The van der Waals surface area contributed by atoms with E-state index < -0.39 is 0 Å². The number of rotatable bonds is 3. The van der Waals surface area contributed by atoms with E-state index in [-0.39, 0.29) is 5.41 Å². The Hall–Kier alpha value is -0.930. The number of nitrogens with two attached hydrogens (primary N) is 1. The summed E-state index contributed by atoms with van der Waals surface area (Å²) in [6.45, 7) is 9.61. The van der Waals surface area contributed by atoms with Gasteiger partial charge in [-0.15, -0.1) is 11.3 Å². The molecule has 2 N–H and O–H groups in total. The van der Waals surface area contributed by atoms with Crippen LogP contribution in [0.1, 0.15) is 50.6 Å². The van der Waals surface area contributed by atoms with Crippen molar-refractivity contribution in [1.82, 2.24) is 4.98 Å². The van der Waals surface area contributed by atoms with E-state index in [9.17, 15) is 0 Å². The van der Waals surface area contributed by atoms with Crippen molar-refractivity contribution in [2.75, 3.05) is 6.54 Å². The van der Waals surface area contributed by atoms with Crippen LogP contribution in [0.5, 0.6) is 0 Å². The van der Waals surface area contributed by atoms with Crippen LogP contribution < -0.4 is 5.73 Å². The fraction of sp³-hybridized carbons (Fsp3) is 0.533. The molecule has 0 amide bonds. The molecule has 0 radical (unpaired) electrons. The third-order valence-electron chi connectivity index (χ3n) is 3.22. The highest BCUT2D eigenvalue weighted by Gasteiger charge is 2.20. The zero-order chi connectivity index (χ0) is 13.3. The molecule has 0 spiro atoms. The number of fused-ring (bicyclic) bond motifs is 1. The SMILES string of the molecule is CC(CCN)c1cccc2sc(C(C)(C)C)nc12. The van der Waals surface area contributed by atoms with Crippen LogP contribution in [0.4, 0.5) is 0 Å². The largest absolute Gasteiger partial charge is 0.330 e. The van der Waals surface area contributed by atoms with Crippen LogP contribution in [-0.2, 0) is 5.41 Å². The minimum absolute atomic E-state index is 0.123. The van der Waals surface area contributed by atoms with Crippen molar-refractivity contribution in [3.05, 3.63) is 28.8 Å². The molecule has 2 rings (SSSR count). The standard InChI is InChI=1S/C15H22N2S/c1-10(8-9-16)11-6-5-7-12-13(11)17-14(18-12)15(2,3)4/h5-7,10H,8-9,16H2,1-4H3. The summed E-state index contributed by atoms with van der Waals surface area (Å²) >= 11 is 1.81. The molecule has 18 heavy (non-hydrogen) atoms. The molecule has 0 saturated carbocycles. The number of benzene rings is 1. The van der Waals surface area contributed by atoms with Crippen molar-refractivity contribution in [3.8, 4) is 0 Å². The summed E-state index contributed by atoms with van der Waals surface area (Å²) in [5.41, 5.74) is 8.30. The second-order valence-electron chi connectivity index (χ2n) is 5.94. The quantitative estimate of drug-likeness (QED) is 0.906. The summed E-state index contributed by atoms with van der Waals surface area (Å²) in [6, 6.07) is 6.49. The Morgan fingerprint density at radius 2 is 2.06 bits per heavy atom. The maximum absolute atomic E-state index is 5.67. The van der Waals surface area contributed by atoms with Gasteiger partial charge in [0.1, 0.15) is 0 Å². The zero-order valence-electron chi connectivity index (χ0n) is 11.7. The first-order chi connectivity index (χ1) is 8.43. The third kappa shape index (κ3) is 2.57. The lowest BCUT2D eigenvalue weighted by atomic mass is 9.96. The van der Waals surface area contributed by atoms with E-state index in [0.29, 0.717) is 5.92 Å². The number of para-hydroxylation sites is 1. The van der Waals surface area contributed by atoms with Gasteiger partial charge >= 0.3 is 0 Å². The van der Waals surface area contributed by atoms with Gasteiger partial charge in [0.05, 0.1) is 15.2 Å². The first kappa shape index (κ1) is 13.5. The van der Waals surface area contributed by atoms with Crippen molar-refractivity contribution in [1.29, 1.82) is 0 Å². The second kappa shape index (κ2) is 4.98. The molecule has 2 nitrogen and oxygen atoms in total. The lowest BCUT2D eigenvalue weighted by Crippen LogP contribution is -2.10. The normalized spacial score (nSPS) is 14.1. The Morgan fingerprint density at radius 3 is 2.67 bits per heavy atom. The fourth-order valence-electron chi connectivity index (χ4n) is 2.09. The van der Waals surface area contributed by atoms with Gasteiger partial charge in [-0.2, -0.15) is 0 Å². The average molecular weight is 262 g/mol. The summed E-state index contributed by atoms with van der Waals surface area (Å²) < 4.78 is 1.29. The van der Waals surface area contributed by atoms with E-state index >= 15 is 0 Å². The van der Waals surface area contributed by atoms with E-state index in [1.54, 1.807) is 0 Å².